The molecule has 1 aliphatic carbocycles. The number of hydrogen-bond donors (Lipinski definition) is 1. The van der Waals surface area contributed by atoms with Gasteiger partial charge in [0.25, 0.3) is 0 Å². The molecule has 0 fully saturated rings. The van der Waals surface area contributed by atoms with Gasteiger partial charge in [0.15, 0.2) is 0 Å². The van der Waals surface area contributed by atoms with E-state index >= 15 is 0 Å². The Morgan fingerprint density at radius 2 is 2.11 bits per heavy atom. The molecule has 0 radical (unpaired) electrons. The molecule has 3 nitrogen and oxygen atoms in total. The van der Waals surface area contributed by atoms with Gasteiger partial charge >= 0.3 is 0 Å². The lowest BCUT2D eigenvalue weighted by Crippen LogP contribution is -2.27. The molecule has 0 saturated heterocycles. The van der Waals surface area contributed by atoms with Crippen LogP contribution in [0.15, 0.2) is 46.9 Å². The zero-order valence-electron chi connectivity index (χ0n) is 10.5. The number of benzene rings is 1. The molecule has 98 valence electrons. The van der Waals surface area contributed by atoms with Gasteiger partial charge in [0.2, 0.25) is 0 Å². The van der Waals surface area contributed by atoms with Gasteiger partial charge in [-0.25, -0.2) is 0 Å². The largest absolute Gasteiger partial charge is 0.391 e. The van der Waals surface area contributed by atoms with Crippen LogP contribution in [0.2, 0.25) is 0 Å². The van der Waals surface area contributed by atoms with Gasteiger partial charge in [-0.05, 0) is 29.9 Å². The average molecular weight is 273 g/mol. The standard InChI is InChI=1S/C15H15NO2S/c17-13-6-7-14-12(8-9-19-14)15(13)16-18-10-11-4-2-1-3-5-11/h1-5,8-9,13,17H,6-7,10H2/t13-/m1/s1. The maximum absolute atomic E-state index is 10.0. The minimum absolute atomic E-state index is 0.427. The minimum atomic E-state index is -0.516. The molecule has 1 atom stereocenters. The number of hydrogen-bond acceptors (Lipinski definition) is 4. The van der Waals surface area contributed by atoms with Crippen molar-refractivity contribution in [2.24, 2.45) is 5.16 Å². The molecule has 0 amide bonds. The van der Waals surface area contributed by atoms with Crippen molar-refractivity contribution in [3.63, 3.8) is 0 Å². The number of nitrogens with zero attached hydrogens (tertiary/aromatic N) is 1. The summed E-state index contributed by atoms with van der Waals surface area (Å²) in [4.78, 5) is 6.67. The number of rotatable bonds is 3. The molecular weight excluding hydrogens is 258 g/mol. The molecule has 3 rings (SSSR count). The second-order valence-electron chi connectivity index (χ2n) is 4.55. The van der Waals surface area contributed by atoms with Gasteiger partial charge < -0.3 is 9.94 Å². The molecule has 19 heavy (non-hydrogen) atoms. The molecule has 0 bridgehead atoms. The van der Waals surface area contributed by atoms with Crippen LogP contribution < -0.4 is 0 Å². The van der Waals surface area contributed by atoms with Crippen LogP contribution in [0, 0.1) is 0 Å². The highest BCUT2D eigenvalue weighted by Crippen LogP contribution is 2.27. The van der Waals surface area contributed by atoms with Gasteiger partial charge in [-0.15, -0.1) is 11.3 Å². The zero-order chi connectivity index (χ0) is 13.1. The lowest BCUT2D eigenvalue weighted by atomic mass is 9.95. The van der Waals surface area contributed by atoms with E-state index in [0.29, 0.717) is 12.3 Å². The van der Waals surface area contributed by atoms with Crippen LogP contribution in [0.1, 0.15) is 22.4 Å². The second-order valence-corrected chi connectivity index (χ2v) is 5.55. The van der Waals surface area contributed by atoms with E-state index in [1.807, 2.05) is 41.8 Å². The summed E-state index contributed by atoms with van der Waals surface area (Å²) >= 11 is 1.71. The van der Waals surface area contributed by atoms with Crippen LogP contribution in [-0.4, -0.2) is 16.9 Å². The fourth-order valence-corrected chi connectivity index (χ4v) is 3.11. The summed E-state index contributed by atoms with van der Waals surface area (Å²) in [5.74, 6) is 0. The Labute approximate surface area is 116 Å². The molecule has 0 saturated carbocycles. The highest BCUT2D eigenvalue weighted by atomic mass is 32.1. The van der Waals surface area contributed by atoms with E-state index in [1.165, 1.54) is 4.88 Å². The summed E-state index contributed by atoms with van der Waals surface area (Å²) in [6.45, 7) is 0.427. The van der Waals surface area contributed by atoms with Gasteiger partial charge in [-0.3, -0.25) is 0 Å². The van der Waals surface area contributed by atoms with E-state index in [0.717, 1.165) is 24.0 Å². The maximum Gasteiger partial charge on any atom is 0.142 e. The van der Waals surface area contributed by atoms with Crippen molar-refractivity contribution >= 4 is 17.0 Å². The molecule has 1 heterocycles. The van der Waals surface area contributed by atoms with E-state index in [2.05, 4.69) is 5.16 Å². The fourth-order valence-electron chi connectivity index (χ4n) is 2.21. The first-order valence-electron chi connectivity index (χ1n) is 6.33. The van der Waals surface area contributed by atoms with Gasteiger partial charge in [0.1, 0.15) is 18.4 Å². The SMILES string of the molecule is O[C@@H]1CCc2sccc2C1=NOCc1ccccc1. The highest BCUT2D eigenvalue weighted by Gasteiger charge is 2.25. The van der Waals surface area contributed by atoms with Crippen LogP contribution in [0.3, 0.4) is 0 Å². The first-order chi connectivity index (χ1) is 9.34. The maximum atomic E-state index is 10.0. The highest BCUT2D eigenvalue weighted by molar-refractivity contribution is 7.10. The van der Waals surface area contributed by atoms with Gasteiger partial charge in [-0.1, -0.05) is 35.5 Å². The van der Waals surface area contributed by atoms with E-state index < -0.39 is 6.10 Å². The van der Waals surface area contributed by atoms with Gasteiger partial charge in [0, 0.05) is 10.4 Å². The molecule has 2 aromatic rings. The summed E-state index contributed by atoms with van der Waals surface area (Å²) < 4.78 is 0. The molecule has 1 aliphatic rings. The van der Waals surface area contributed by atoms with Crippen LogP contribution in [0.25, 0.3) is 0 Å². The summed E-state index contributed by atoms with van der Waals surface area (Å²) in [7, 11) is 0. The number of aliphatic hydroxyl groups is 1. The van der Waals surface area contributed by atoms with Crippen LogP contribution in [-0.2, 0) is 17.9 Å². The Kier molecular flexibility index (Phi) is 3.62. The smallest absolute Gasteiger partial charge is 0.142 e. The number of thiophene rings is 1. The molecular formula is C15H15NO2S. The van der Waals surface area contributed by atoms with E-state index in [4.69, 9.17) is 4.84 Å². The Morgan fingerprint density at radius 3 is 2.95 bits per heavy atom. The zero-order valence-corrected chi connectivity index (χ0v) is 11.3. The molecule has 1 aromatic carbocycles. The van der Waals surface area contributed by atoms with E-state index in [-0.39, 0.29) is 0 Å². The van der Waals surface area contributed by atoms with E-state index in [9.17, 15) is 5.11 Å². The number of aliphatic hydroxyl groups excluding tert-OH is 1. The molecule has 1 aromatic heterocycles. The third kappa shape index (κ3) is 2.69. The lowest BCUT2D eigenvalue weighted by Gasteiger charge is -2.19. The predicted molar refractivity (Wildman–Crippen MR) is 76.4 cm³/mol. The van der Waals surface area contributed by atoms with Crippen LogP contribution in [0.5, 0.6) is 0 Å². The summed E-state index contributed by atoms with van der Waals surface area (Å²) in [6.07, 6.45) is 1.13. The average Bonchev–Trinajstić information content (AvgIpc) is 2.91. The Balaban J connectivity index is 1.73. The molecule has 0 aliphatic heterocycles. The van der Waals surface area contributed by atoms with Crippen molar-refractivity contribution in [2.45, 2.75) is 25.6 Å². The first-order valence-corrected chi connectivity index (χ1v) is 7.21. The first kappa shape index (κ1) is 12.4. The Bertz CT molecular complexity index is 577. The molecule has 0 spiro atoms. The molecule has 1 N–H and O–H groups in total. The quantitative estimate of drug-likeness (QED) is 0.874. The summed E-state index contributed by atoms with van der Waals surface area (Å²) in [6, 6.07) is 11.9. The van der Waals surface area contributed by atoms with Gasteiger partial charge in [-0.2, -0.15) is 0 Å². The van der Waals surface area contributed by atoms with Crippen LogP contribution in [0.4, 0.5) is 0 Å². The number of aryl methyl sites for hydroxylation is 1. The van der Waals surface area contributed by atoms with Crippen molar-refractivity contribution in [1.82, 2.24) is 0 Å². The summed E-state index contributed by atoms with van der Waals surface area (Å²) in [5.41, 5.74) is 2.78. The number of fused-ring (bicyclic) bond motifs is 1. The van der Waals surface area contributed by atoms with Crippen molar-refractivity contribution in [2.75, 3.05) is 0 Å². The minimum Gasteiger partial charge on any atom is -0.391 e. The van der Waals surface area contributed by atoms with Crippen LogP contribution >= 0.6 is 11.3 Å². The Morgan fingerprint density at radius 1 is 1.26 bits per heavy atom. The van der Waals surface area contributed by atoms with Gasteiger partial charge in [0.05, 0.1) is 0 Å². The number of oxime groups is 1. The van der Waals surface area contributed by atoms with E-state index in [1.54, 1.807) is 11.3 Å². The normalized spacial score (nSPS) is 20.3. The lowest BCUT2D eigenvalue weighted by molar-refractivity contribution is 0.123. The van der Waals surface area contributed by atoms with Crippen molar-refractivity contribution < 1.29 is 9.94 Å². The molecule has 0 unspecified atom stereocenters. The second kappa shape index (κ2) is 5.55. The van der Waals surface area contributed by atoms with Crippen molar-refractivity contribution in [1.29, 1.82) is 0 Å². The summed E-state index contributed by atoms with van der Waals surface area (Å²) in [5, 5.41) is 16.2. The Hall–Kier alpha value is -1.65. The topological polar surface area (TPSA) is 41.8 Å². The predicted octanol–water partition coefficient (Wildman–Crippen LogP) is 2.98. The third-order valence-corrected chi connectivity index (χ3v) is 4.20. The van der Waals surface area contributed by atoms with Crippen molar-refractivity contribution in [3.8, 4) is 0 Å². The monoisotopic (exact) mass is 273 g/mol. The molecule has 4 heteroatoms. The van der Waals surface area contributed by atoms with Crippen molar-refractivity contribution in [3.05, 3.63) is 57.8 Å². The third-order valence-electron chi connectivity index (χ3n) is 3.22. The fraction of sp³-hybridized carbons (Fsp3) is 0.267.